The first-order valence-corrected chi connectivity index (χ1v) is 10.7. The smallest absolute Gasteiger partial charge is 0.274 e. The summed E-state index contributed by atoms with van der Waals surface area (Å²) >= 11 is 0. The van der Waals surface area contributed by atoms with Crippen LogP contribution in [0.2, 0.25) is 0 Å². The van der Waals surface area contributed by atoms with E-state index in [1.807, 2.05) is 30.9 Å². The molecule has 2 heterocycles. The topological polar surface area (TPSA) is 112 Å². The van der Waals surface area contributed by atoms with Crippen LogP contribution in [-0.2, 0) is 10.2 Å². The minimum absolute atomic E-state index is 0.134. The van der Waals surface area contributed by atoms with Gasteiger partial charge in [-0.1, -0.05) is 0 Å². The molecule has 150 valence electrons. The van der Waals surface area contributed by atoms with Crippen LogP contribution >= 0.6 is 0 Å². The maximum atomic E-state index is 15.2. The number of nitriles is 1. The van der Waals surface area contributed by atoms with E-state index in [0.29, 0.717) is 25.1 Å². The van der Waals surface area contributed by atoms with Crippen LogP contribution in [0.1, 0.15) is 36.0 Å². The zero-order valence-electron chi connectivity index (χ0n) is 16.0. The Kier molecular flexibility index (Phi) is 5.57. The quantitative estimate of drug-likeness (QED) is 0.810. The normalized spacial score (nSPS) is 20.8. The van der Waals surface area contributed by atoms with Crippen LogP contribution in [0.15, 0.2) is 18.3 Å². The molecule has 1 aromatic heterocycles. The molecule has 28 heavy (non-hydrogen) atoms. The molecule has 9 heteroatoms. The maximum Gasteiger partial charge on any atom is 0.274 e. The molecule has 0 bridgehead atoms. The fourth-order valence-electron chi connectivity index (χ4n) is 3.65. The summed E-state index contributed by atoms with van der Waals surface area (Å²) in [4.78, 5) is 6.41. The first-order chi connectivity index (χ1) is 13.1. The molecule has 0 radical (unpaired) electrons. The van der Waals surface area contributed by atoms with Gasteiger partial charge in [0.25, 0.3) is 10.2 Å². The molecule has 1 aromatic carbocycles. The number of aryl methyl sites for hydroxylation is 2. The van der Waals surface area contributed by atoms with E-state index in [9.17, 15) is 13.7 Å². The number of benzene rings is 1. The standard InChI is InChI=1S/C19H24FN5O2S/c1-13-8-16-17(9-14(13)2)23-11-15(10-21)18(16)25-6-3-4-19(20,5-7-25)12-24-28(22,26)27/h8-9,11,24H,3-7,12H2,1-2H3,(H2,22,26,27). The number of aromatic nitrogens is 1. The van der Waals surface area contributed by atoms with Gasteiger partial charge >= 0.3 is 0 Å². The van der Waals surface area contributed by atoms with E-state index in [-0.39, 0.29) is 19.4 Å². The molecule has 0 aliphatic carbocycles. The lowest BCUT2D eigenvalue weighted by Gasteiger charge is -2.27. The second kappa shape index (κ2) is 7.62. The lowest BCUT2D eigenvalue weighted by Crippen LogP contribution is -2.43. The van der Waals surface area contributed by atoms with Gasteiger partial charge < -0.3 is 4.90 Å². The van der Waals surface area contributed by atoms with Gasteiger partial charge in [-0.3, -0.25) is 4.98 Å². The molecule has 1 aliphatic rings. The van der Waals surface area contributed by atoms with Gasteiger partial charge in [-0.2, -0.15) is 18.4 Å². The second-order valence-corrected chi connectivity index (χ2v) is 8.82. The van der Waals surface area contributed by atoms with Crippen molar-refractivity contribution in [3.8, 4) is 6.07 Å². The Labute approximate surface area is 164 Å². The van der Waals surface area contributed by atoms with Crippen molar-refractivity contribution in [1.29, 1.82) is 5.26 Å². The van der Waals surface area contributed by atoms with Gasteiger partial charge in [0.2, 0.25) is 0 Å². The number of nitrogens with zero attached hydrogens (tertiary/aromatic N) is 3. The van der Waals surface area contributed by atoms with Gasteiger partial charge in [0.1, 0.15) is 11.7 Å². The van der Waals surface area contributed by atoms with Gasteiger partial charge in [-0.15, -0.1) is 0 Å². The molecular weight excluding hydrogens is 381 g/mol. The third-order valence-corrected chi connectivity index (χ3v) is 5.91. The number of halogens is 1. The van der Waals surface area contributed by atoms with Gasteiger partial charge in [0.05, 0.1) is 16.8 Å². The summed E-state index contributed by atoms with van der Waals surface area (Å²) < 4.78 is 39.5. The summed E-state index contributed by atoms with van der Waals surface area (Å²) in [7, 11) is -3.94. The minimum atomic E-state index is -3.94. The number of pyridine rings is 1. The van der Waals surface area contributed by atoms with E-state index in [1.165, 1.54) is 0 Å². The van der Waals surface area contributed by atoms with Gasteiger partial charge in [0, 0.05) is 37.6 Å². The molecule has 1 atom stereocenters. The minimum Gasteiger partial charge on any atom is -0.370 e. The van der Waals surface area contributed by atoms with Crippen molar-refractivity contribution in [2.45, 2.75) is 38.8 Å². The molecule has 3 rings (SSSR count). The van der Waals surface area contributed by atoms with Crippen LogP contribution in [0.5, 0.6) is 0 Å². The third kappa shape index (κ3) is 4.41. The predicted molar refractivity (Wildman–Crippen MR) is 107 cm³/mol. The fourth-order valence-corrected chi connectivity index (χ4v) is 4.11. The largest absolute Gasteiger partial charge is 0.370 e. The lowest BCUT2D eigenvalue weighted by atomic mass is 9.97. The molecule has 7 nitrogen and oxygen atoms in total. The van der Waals surface area contributed by atoms with E-state index >= 15 is 4.39 Å². The highest BCUT2D eigenvalue weighted by Gasteiger charge is 2.34. The Morgan fingerprint density at radius 1 is 1.32 bits per heavy atom. The maximum absolute atomic E-state index is 15.2. The van der Waals surface area contributed by atoms with Crippen LogP contribution < -0.4 is 14.8 Å². The summed E-state index contributed by atoms with van der Waals surface area (Å²) in [6, 6.07) is 6.21. The Balaban J connectivity index is 1.95. The Morgan fingerprint density at radius 3 is 2.71 bits per heavy atom. The molecule has 1 aliphatic heterocycles. The molecule has 0 saturated carbocycles. The number of nitrogens with two attached hydrogens (primary N) is 1. The van der Waals surface area contributed by atoms with Crippen LogP contribution in [0.4, 0.5) is 10.1 Å². The Hall–Kier alpha value is -2.28. The van der Waals surface area contributed by atoms with Crippen molar-refractivity contribution in [1.82, 2.24) is 9.71 Å². The number of anilines is 1. The molecule has 3 N–H and O–H groups in total. The average molecular weight is 405 g/mol. The van der Waals surface area contributed by atoms with Gasteiger partial charge in [-0.25, -0.2) is 9.53 Å². The number of rotatable bonds is 4. The second-order valence-electron chi connectivity index (χ2n) is 7.44. The van der Waals surface area contributed by atoms with Crippen LogP contribution in [0, 0.1) is 25.2 Å². The van der Waals surface area contributed by atoms with Crippen LogP contribution in [0.3, 0.4) is 0 Å². The molecule has 1 saturated heterocycles. The SMILES string of the molecule is Cc1cc2ncc(C#N)c(N3CCCC(F)(CNS(N)(=O)=O)CC3)c2cc1C. The van der Waals surface area contributed by atoms with E-state index in [4.69, 9.17) is 5.14 Å². The summed E-state index contributed by atoms with van der Waals surface area (Å²) in [5.41, 5.74) is 2.54. The Bertz CT molecular complexity index is 1050. The molecule has 1 unspecified atom stereocenters. The van der Waals surface area contributed by atoms with Crippen LogP contribution in [-0.4, -0.2) is 38.7 Å². The number of hydrogen-bond donors (Lipinski definition) is 2. The zero-order chi connectivity index (χ0) is 20.5. The summed E-state index contributed by atoms with van der Waals surface area (Å²) in [6.07, 6.45) is 2.44. The zero-order valence-corrected chi connectivity index (χ0v) is 16.8. The van der Waals surface area contributed by atoms with Crippen molar-refractivity contribution >= 4 is 26.8 Å². The van der Waals surface area contributed by atoms with Gasteiger partial charge in [0.15, 0.2) is 0 Å². The van der Waals surface area contributed by atoms with Crippen LogP contribution in [0.25, 0.3) is 10.9 Å². The van der Waals surface area contributed by atoms with Gasteiger partial charge in [-0.05, 0) is 49.9 Å². The highest BCUT2D eigenvalue weighted by atomic mass is 32.2. The van der Waals surface area contributed by atoms with Crippen molar-refractivity contribution < 1.29 is 12.8 Å². The highest BCUT2D eigenvalue weighted by molar-refractivity contribution is 7.87. The number of hydrogen-bond acceptors (Lipinski definition) is 5. The third-order valence-electron chi connectivity index (χ3n) is 5.36. The lowest BCUT2D eigenvalue weighted by molar-refractivity contribution is 0.150. The van der Waals surface area contributed by atoms with E-state index in [2.05, 4.69) is 15.8 Å². The summed E-state index contributed by atoms with van der Waals surface area (Å²) in [6.45, 7) is 4.60. The van der Waals surface area contributed by atoms with Crippen molar-refractivity contribution in [2.75, 3.05) is 24.5 Å². The average Bonchev–Trinajstić information content (AvgIpc) is 2.82. The Morgan fingerprint density at radius 2 is 2.04 bits per heavy atom. The van der Waals surface area contributed by atoms with E-state index in [1.54, 1.807) is 6.20 Å². The van der Waals surface area contributed by atoms with E-state index < -0.39 is 15.9 Å². The molecule has 0 amide bonds. The number of fused-ring (bicyclic) bond motifs is 1. The highest BCUT2D eigenvalue weighted by Crippen LogP contribution is 2.35. The van der Waals surface area contributed by atoms with E-state index in [0.717, 1.165) is 27.7 Å². The molecular formula is C19H24FN5O2S. The predicted octanol–water partition coefficient (Wildman–Crippen LogP) is 2.22. The molecule has 2 aromatic rings. The molecule has 0 spiro atoms. The first-order valence-electron chi connectivity index (χ1n) is 9.13. The molecule has 1 fully saturated rings. The van der Waals surface area contributed by atoms with Crippen molar-refractivity contribution in [3.63, 3.8) is 0 Å². The first kappa shape index (κ1) is 20.5. The number of alkyl halides is 1. The summed E-state index contributed by atoms with van der Waals surface area (Å²) in [5.74, 6) is 0. The monoisotopic (exact) mass is 405 g/mol. The number of nitrogens with one attached hydrogen (secondary N) is 1. The van der Waals surface area contributed by atoms with Crippen molar-refractivity contribution in [3.05, 3.63) is 35.0 Å². The van der Waals surface area contributed by atoms with Crippen molar-refractivity contribution in [2.24, 2.45) is 5.14 Å². The summed E-state index contributed by atoms with van der Waals surface area (Å²) in [5, 5.41) is 15.4. The fraction of sp³-hybridized carbons (Fsp3) is 0.474.